The number of unbranched alkanes of at least 4 members (excludes halogenated alkanes) is 11. The van der Waals surface area contributed by atoms with Crippen molar-refractivity contribution in [2.75, 3.05) is 0 Å². The van der Waals surface area contributed by atoms with Crippen LogP contribution in [-0.4, -0.2) is 24.1 Å². The average molecular weight is 413 g/mol. The number of rotatable bonds is 19. The van der Waals surface area contributed by atoms with Gasteiger partial charge in [0.25, 0.3) is 0 Å². The van der Waals surface area contributed by atoms with E-state index in [0.29, 0.717) is 18.8 Å². The van der Waals surface area contributed by atoms with Crippen LogP contribution in [-0.2, 0) is 19.1 Å². The molecule has 0 rings (SSSR count). The lowest BCUT2D eigenvalue weighted by molar-refractivity contribution is -0.149. The minimum atomic E-state index is -0.0545. The molecule has 0 aliphatic carbocycles. The van der Waals surface area contributed by atoms with Gasteiger partial charge in [0, 0.05) is 12.8 Å². The second kappa shape index (κ2) is 18.9. The summed E-state index contributed by atoms with van der Waals surface area (Å²) in [6.07, 6.45) is 17.4. The van der Waals surface area contributed by atoms with Crippen LogP contribution in [0.3, 0.4) is 0 Å². The van der Waals surface area contributed by atoms with Crippen LogP contribution in [0.4, 0.5) is 0 Å². The van der Waals surface area contributed by atoms with E-state index in [0.717, 1.165) is 19.3 Å². The maximum Gasteiger partial charge on any atom is 0.306 e. The fourth-order valence-corrected chi connectivity index (χ4v) is 3.55. The van der Waals surface area contributed by atoms with E-state index in [1.165, 1.54) is 64.2 Å². The molecule has 1 unspecified atom stereocenters. The molecule has 0 saturated carbocycles. The zero-order valence-corrected chi connectivity index (χ0v) is 20.0. The van der Waals surface area contributed by atoms with Gasteiger partial charge in [-0.3, -0.25) is 9.59 Å². The van der Waals surface area contributed by atoms with E-state index < -0.39 is 0 Å². The zero-order chi connectivity index (χ0) is 21.9. The van der Waals surface area contributed by atoms with E-state index in [2.05, 4.69) is 6.92 Å². The predicted octanol–water partition coefficient (Wildman–Crippen LogP) is 7.38. The third-order valence-electron chi connectivity index (χ3n) is 5.08. The number of esters is 2. The second-order valence-corrected chi connectivity index (χ2v) is 9.17. The van der Waals surface area contributed by atoms with Crippen LogP contribution in [0.5, 0.6) is 0 Å². The van der Waals surface area contributed by atoms with Gasteiger partial charge in [0.15, 0.2) is 0 Å². The Morgan fingerprint density at radius 1 is 0.552 bits per heavy atom. The first kappa shape index (κ1) is 27.9. The predicted molar refractivity (Wildman–Crippen MR) is 121 cm³/mol. The van der Waals surface area contributed by atoms with Gasteiger partial charge in [-0.15, -0.1) is 0 Å². The molecule has 172 valence electrons. The van der Waals surface area contributed by atoms with Crippen molar-refractivity contribution in [1.82, 2.24) is 0 Å². The Hall–Kier alpha value is -1.06. The Balaban J connectivity index is 3.28. The normalized spacial score (nSPS) is 12.4. The molecule has 0 aromatic rings. The first-order valence-corrected chi connectivity index (χ1v) is 12.2. The highest BCUT2D eigenvalue weighted by atomic mass is 16.5. The van der Waals surface area contributed by atoms with E-state index in [1.807, 2.05) is 27.7 Å². The lowest BCUT2D eigenvalue weighted by Gasteiger charge is -2.12. The van der Waals surface area contributed by atoms with Crippen molar-refractivity contribution in [1.29, 1.82) is 0 Å². The van der Waals surface area contributed by atoms with Gasteiger partial charge in [-0.25, -0.2) is 0 Å². The van der Waals surface area contributed by atoms with Crippen molar-refractivity contribution in [3.63, 3.8) is 0 Å². The Kier molecular flexibility index (Phi) is 18.2. The molecule has 0 N–H and O–H groups in total. The molecule has 0 fully saturated rings. The van der Waals surface area contributed by atoms with E-state index in [4.69, 9.17) is 9.47 Å². The summed E-state index contributed by atoms with van der Waals surface area (Å²) in [6.45, 7) is 9.74. The number of carbonyl (C=O) groups excluding carboxylic acids is 2. The molecule has 0 radical (unpaired) electrons. The molecule has 0 aliphatic rings. The SMILES string of the molecule is CC(CCCCCCCCCCCCCCC(=O)OC(C)C)CC(=O)OC(C)C. The first-order chi connectivity index (χ1) is 13.8. The molecule has 1 atom stereocenters. The first-order valence-electron chi connectivity index (χ1n) is 12.2. The molecule has 0 heterocycles. The Morgan fingerprint density at radius 2 is 0.931 bits per heavy atom. The summed E-state index contributed by atoms with van der Waals surface area (Å²) in [4.78, 5) is 23.0. The molecule has 0 aliphatic heterocycles. The molecule has 0 spiro atoms. The zero-order valence-electron chi connectivity index (χ0n) is 20.0. The highest BCUT2D eigenvalue weighted by Gasteiger charge is 2.11. The molecular formula is C25H48O4. The minimum Gasteiger partial charge on any atom is -0.463 e. The summed E-state index contributed by atoms with van der Waals surface area (Å²) in [7, 11) is 0. The molecular weight excluding hydrogens is 364 g/mol. The van der Waals surface area contributed by atoms with Crippen LogP contribution in [0.2, 0.25) is 0 Å². The van der Waals surface area contributed by atoms with Crippen molar-refractivity contribution in [2.24, 2.45) is 5.92 Å². The highest BCUT2D eigenvalue weighted by Crippen LogP contribution is 2.17. The minimum absolute atomic E-state index is 0.00460. The van der Waals surface area contributed by atoms with Gasteiger partial charge in [-0.2, -0.15) is 0 Å². The highest BCUT2D eigenvalue weighted by molar-refractivity contribution is 5.69. The maximum atomic E-state index is 11.6. The summed E-state index contributed by atoms with van der Waals surface area (Å²) >= 11 is 0. The molecule has 29 heavy (non-hydrogen) atoms. The van der Waals surface area contributed by atoms with Gasteiger partial charge in [-0.1, -0.05) is 84.0 Å². The van der Waals surface area contributed by atoms with Crippen molar-refractivity contribution >= 4 is 11.9 Å². The molecule has 0 amide bonds. The summed E-state index contributed by atoms with van der Waals surface area (Å²) in [6, 6.07) is 0. The van der Waals surface area contributed by atoms with E-state index in [9.17, 15) is 9.59 Å². The Bertz CT molecular complexity index is 404. The second-order valence-electron chi connectivity index (χ2n) is 9.17. The molecule has 0 aromatic carbocycles. The van der Waals surface area contributed by atoms with Crippen LogP contribution < -0.4 is 0 Å². The Labute approximate surface area is 180 Å². The van der Waals surface area contributed by atoms with Crippen LogP contribution in [0.1, 0.15) is 131 Å². The molecule has 4 nitrogen and oxygen atoms in total. The van der Waals surface area contributed by atoms with Gasteiger partial charge < -0.3 is 9.47 Å². The quantitative estimate of drug-likeness (QED) is 0.164. The number of hydrogen-bond acceptors (Lipinski definition) is 4. The van der Waals surface area contributed by atoms with E-state index in [1.54, 1.807) is 0 Å². The van der Waals surface area contributed by atoms with E-state index >= 15 is 0 Å². The third kappa shape index (κ3) is 21.5. The Morgan fingerprint density at radius 3 is 1.38 bits per heavy atom. The van der Waals surface area contributed by atoms with Gasteiger partial charge in [0.1, 0.15) is 0 Å². The fraction of sp³-hybridized carbons (Fsp3) is 0.920. The smallest absolute Gasteiger partial charge is 0.306 e. The van der Waals surface area contributed by atoms with Crippen molar-refractivity contribution in [2.45, 2.75) is 143 Å². The van der Waals surface area contributed by atoms with Crippen LogP contribution in [0.15, 0.2) is 0 Å². The average Bonchev–Trinajstić information content (AvgIpc) is 2.60. The standard InChI is InChI=1S/C25H48O4/c1-21(2)28-24(26)19-17-15-13-11-9-7-6-8-10-12-14-16-18-23(5)20-25(27)29-22(3)4/h21-23H,6-20H2,1-5H3. The number of hydrogen-bond donors (Lipinski definition) is 0. The van der Waals surface area contributed by atoms with Crippen LogP contribution in [0.25, 0.3) is 0 Å². The van der Waals surface area contributed by atoms with Crippen LogP contribution >= 0.6 is 0 Å². The largest absolute Gasteiger partial charge is 0.463 e. The summed E-state index contributed by atoms with van der Waals surface area (Å²) in [5.41, 5.74) is 0. The van der Waals surface area contributed by atoms with Crippen molar-refractivity contribution in [3.05, 3.63) is 0 Å². The van der Waals surface area contributed by atoms with Gasteiger partial charge in [0.05, 0.1) is 12.2 Å². The van der Waals surface area contributed by atoms with Crippen molar-refractivity contribution < 1.29 is 19.1 Å². The maximum absolute atomic E-state index is 11.6. The monoisotopic (exact) mass is 412 g/mol. The lowest BCUT2D eigenvalue weighted by Crippen LogP contribution is -2.14. The topological polar surface area (TPSA) is 52.6 Å². The van der Waals surface area contributed by atoms with Gasteiger partial charge in [0.2, 0.25) is 0 Å². The summed E-state index contributed by atoms with van der Waals surface area (Å²) in [5.74, 6) is 0.325. The van der Waals surface area contributed by atoms with Crippen molar-refractivity contribution in [3.8, 4) is 0 Å². The third-order valence-corrected chi connectivity index (χ3v) is 5.08. The van der Waals surface area contributed by atoms with Gasteiger partial charge in [-0.05, 0) is 40.0 Å². The van der Waals surface area contributed by atoms with Gasteiger partial charge >= 0.3 is 11.9 Å². The number of ether oxygens (including phenoxy) is 2. The molecule has 0 aromatic heterocycles. The summed E-state index contributed by atoms with van der Waals surface area (Å²) in [5, 5.41) is 0. The fourth-order valence-electron chi connectivity index (χ4n) is 3.55. The lowest BCUT2D eigenvalue weighted by atomic mass is 9.98. The van der Waals surface area contributed by atoms with Crippen LogP contribution in [0, 0.1) is 5.92 Å². The molecule has 0 bridgehead atoms. The summed E-state index contributed by atoms with van der Waals surface area (Å²) < 4.78 is 10.3. The van der Waals surface area contributed by atoms with E-state index in [-0.39, 0.29) is 24.1 Å². The molecule has 4 heteroatoms. The number of carbonyl (C=O) groups is 2. The molecule has 0 saturated heterocycles.